The molecule has 5 atom stereocenters. The molecule has 3 aromatic carbocycles. The second kappa shape index (κ2) is 15.0. The van der Waals surface area contributed by atoms with Crippen molar-refractivity contribution in [1.29, 1.82) is 0 Å². The van der Waals surface area contributed by atoms with Gasteiger partial charge in [0.1, 0.15) is 23.7 Å². The standard InChI is InChI=1S/C31H37NO5S/c1-3-38-31-30(36-21-26-17-11-6-12-18-26)28(32-23(2)33)29(35-20-25-15-9-5-10-16-25)27(37-31)22-34-19-24-13-7-4-8-14-24/h4-18,27-31H,3,19-22H2,1-2H3,(H,32,33)/t27-,28+,29-,30-,31+/m1/s1. The largest absolute Gasteiger partial charge is 0.374 e. The van der Waals surface area contributed by atoms with Crippen LogP contribution in [0.25, 0.3) is 0 Å². The fourth-order valence-electron chi connectivity index (χ4n) is 4.54. The first-order valence-corrected chi connectivity index (χ1v) is 14.2. The quantitative estimate of drug-likeness (QED) is 0.318. The third kappa shape index (κ3) is 8.41. The van der Waals surface area contributed by atoms with Gasteiger partial charge in [0, 0.05) is 6.92 Å². The summed E-state index contributed by atoms with van der Waals surface area (Å²) in [5, 5.41) is 3.14. The van der Waals surface area contributed by atoms with Crippen molar-refractivity contribution in [2.45, 2.75) is 63.5 Å². The minimum atomic E-state index is -0.468. The van der Waals surface area contributed by atoms with E-state index in [1.807, 2.05) is 91.0 Å². The molecule has 0 radical (unpaired) electrons. The van der Waals surface area contributed by atoms with Crippen molar-refractivity contribution in [2.24, 2.45) is 0 Å². The number of ether oxygens (including phenoxy) is 4. The van der Waals surface area contributed by atoms with Gasteiger partial charge in [-0.25, -0.2) is 0 Å². The third-order valence-electron chi connectivity index (χ3n) is 6.32. The lowest BCUT2D eigenvalue weighted by atomic mass is 9.96. The minimum Gasteiger partial charge on any atom is -0.374 e. The number of thioether (sulfide) groups is 1. The number of hydrogen-bond acceptors (Lipinski definition) is 6. The van der Waals surface area contributed by atoms with Crippen molar-refractivity contribution < 1.29 is 23.7 Å². The molecular weight excluding hydrogens is 498 g/mol. The maximum Gasteiger partial charge on any atom is 0.217 e. The van der Waals surface area contributed by atoms with Crippen LogP contribution in [0.15, 0.2) is 91.0 Å². The summed E-state index contributed by atoms with van der Waals surface area (Å²) < 4.78 is 25.7. The van der Waals surface area contributed by atoms with Crippen LogP contribution in [0, 0.1) is 0 Å². The second-order valence-electron chi connectivity index (χ2n) is 9.25. The van der Waals surface area contributed by atoms with E-state index >= 15 is 0 Å². The third-order valence-corrected chi connectivity index (χ3v) is 7.36. The topological polar surface area (TPSA) is 66.0 Å². The van der Waals surface area contributed by atoms with Crippen LogP contribution >= 0.6 is 11.8 Å². The first kappa shape index (κ1) is 28.3. The zero-order valence-electron chi connectivity index (χ0n) is 22.0. The molecule has 1 amide bonds. The number of amides is 1. The molecule has 1 fully saturated rings. The molecule has 7 heteroatoms. The van der Waals surface area contributed by atoms with Crippen LogP contribution < -0.4 is 5.32 Å². The Morgan fingerprint density at radius 1 is 0.789 bits per heavy atom. The van der Waals surface area contributed by atoms with Crippen molar-refractivity contribution in [2.75, 3.05) is 12.4 Å². The summed E-state index contributed by atoms with van der Waals surface area (Å²) >= 11 is 1.67. The Bertz CT molecular complexity index is 1090. The van der Waals surface area contributed by atoms with Gasteiger partial charge in [0.2, 0.25) is 5.91 Å². The Hall–Kier alpha value is -2.68. The highest BCUT2D eigenvalue weighted by molar-refractivity contribution is 7.99. The first-order chi connectivity index (χ1) is 18.6. The van der Waals surface area contributed by atoms with E-state index in [0.29, 0.717) is 26.4 Å². The molecule has 1 aliphatic heterocycles. The summed E-state index contributed by atoms with van der Waals surface area (Å²) in [5.41, 5.74) is 2.91. The number of nitrogens with one attached hydrogen (secondary N) is 1. The molecule has 1 saturated heterocycles. The Morgan fingerprint density at radius 3 is 1.79 bits per heavy atom. The molecular formula is C31H37NO5S. The van der Waals surface area contributed by atoms with E-state index in [4.69, 9.17) is 18.9 Å². The average molecular weight is 536 g/mol. The summed E-state index contributed by atoms with van der Waals surface area (Å²) in [6.07, 6.45) is -1.26. The lowest BCUT2D eigenvalue weighted by molar-refractivity contribution is -0.207. The van der Waals surface area contributed by atoms with Crippen LogP contribution in [-0.2, 0) is 43.6 Å². The van der Waals surface area contributed by atoms with Gasteiger partial charge < -0.3 is 24.3 Å². The number of carbonyl (C=O) groups excluding carboxylic acids is 1. The maximum atomic E-state index is 12.4. The van der Waals surface area contributed by atoms with Crippen LogP contribution in [0.1, 0.15) is 30.5 Å². The molecule has 0 aliphatic carbocycles. The fourth-order valence-corrected chi connectivity index (χ4v) is 5.53. The van der Waals surface area contributed by atoms with Gasteiger partial charge in [0.15, 0.2) is 0 Å². The van der Waals surface area contributed by atoms with E-state index in [1.165, 1.54) is 6.92 Å². The molecule has 3 aromatic rings. The Balaban J connectivity index is 1.56. The predicted octanol–water partition coefficient (Wildman–Crippen LogP) is 5.36. The van der Waals surface area contributed by atoms with E-state index in [9.17, 15) is 4.79 Å². The van der Waals surface area contributed by atoms with Crippen molar-refractivity contribution >= 4 is 17.7 Å². The first-order valence-electron chi connectivity index (χ1n) is 13.1. The molecule has 6 nitrogen and oxygen atoms in total. The molecule has 4 rings (SSSR count). The number of rotatable bonds is 13. The van der Waals surface area contributed by atoms with Gasteiger partial charge in [-0.15, -0.1) is 11.8 Å². The normalized spacial score (nSPS) is 23.2. The van der Waals surface area contributed by atoms with E-state index in [-0.39, 0.29) is 17.4 Å². The van der Waals surface area contributed by atoms with Crippen molar-refractivity contribution in [3.8, 4) is 0 Å². The van der Waals surface area contributed by atoms with Gasteiger partial charge in [0.05, 0.1) is 32.5 Å². The van der Waals surface area contributed by atoms with E-state index in [0.717, 1.165) is 22.4 Å². The highest BCUT2D eigenvalue weighted by atomic mass is 32.2. The van der Waals surface area contributed by atoms with Crippen molar-refractivity contribution in [3.63, 3.8) is 0 Å². The lowest BCUT2D eigenvalue weighted by Crippen LogP contribution is -2.65. The van der Waals surface area contributed by atoms with Crippen LogP contribution in [0.5, 0.6) is 0 Å². The van der Waals surface area contributed by atoms with Crippen molar-refractivity contribution in [1.82, 2.24) is 5.32 Å². The zero-order valence-corrected chi connectivity index (χ0v) is 22.8. The molecule has 0 bridgehead atoms. The molecule has 0 saturated carbocycles. The highest BCUT2D eigenvalue weighted by Crippen LogP contribution is 2.33. The monoisotopic (exact) mass is 535 g/mol. The number of hydrogen-bond donors (Lipinski definition) is 1. The molecule has 1 heterocycles. The Kier molecular flexibility index (Phi) is 11.2. The molecule has 1 aliphatic rings. The average Bonchev–Trinajstić information content (AvgIpc) is 2.94. The van der Waals surface area contributed by atoms with E-state index < -0.39 is 18.2 Å². The molecule has 38 heavy (non-hydrogen) atoms. The predicted molar refractivity (Wildman–Crippen MR) is 151 cm³/mol. The second-order valence-corrected chi connectivity index (χ2v) is 10.6. The van der Waals surface area contributed by atoms with Crippen LogP contribution in [0.3, 0.4) is 0 Å². The fraction of sp³-hybridized carbons (Fsp3) is 0.387. The minimum absolute atomic E-state index is 0.136. The van der Waals surface area contributed by atoms with Gasteiger partial charge >= 0.3 is 0 Å². The maximum absolute atomic E-state index is 12.4. The summed E-state index contributed by atoms with van der Waals surface area (Å²) in [6.45, 7) is 5.21. The van der Waals surface area contributed by atoms with Crippen molar-refractivity contribution in [3.05, 3.63) is 108 Å². The molecule has 1 N–H and O–H groups in total. The van der Waals surface area contributed by atoms with Gasteiger partial charge in [-0.05, 0) is 22.4 Å². The SMILES string of the molecule is CCS[C@@H]1O[C@H](COCc2ccccc2)[C@@H](OCc2ccccc2)[C@H](NC(C)=O)[C@H]1OCc1ccccc1. The van der Waals surface area contributed by atoms with Gasteiger partial charge in [-0.3, -0.25) is 4.79 Å². The van der Waals surface area contributed by atoms with Crippen LogP contribution in [-0.4, -0.2) is 48.1 Å². The van der Waals surface area contributed by atoms with Gasteiger partial charge in [0.25, 0.3) is 0 Å². The molecule has 0 spiro atoms. The smallest absolute Gasteiger partial charge is 0.217 e. The number of benzene rings is 3. The molecule has 0 unspecified atom stereocenters. The highest BCUT2D eigenvalue weighted by Gasteiger charge is 2.48. The van der Waals surface area contributed by atoms with Crippen LogP contribution in [0.2, 0.25) is 0 Å². The summed E-state index contributed by atoms with van der Waals surface area (Å²) in [4.78, 5) is 12.4. The molecule has 202 valence electrons. The van der Waals surface area contributed by atoms with E-state index in [1.54, 1.807) is 11.8 Å². The zero-order chi connectivity index (χ0) is 26.6. The summed E-state index contributed by atoms with van der Waals surface area (Å²) in [5.74, 6) is 0.707. The van der Waals surface area contributed by atoms with Gasteiger partial charge in [-0.1, -0.05) is 97.9 Å². The van der Waals surface area contributed by atoms with Gasteiger partial charge in [-0.2, -0.15) is 0 Å². The lowest BCUT2D eigenvalue weighted by Gasteiger charge is -2.46. The summed E-state index contributed by atoms with van der Waals surface area (Å²) in [7, 11) is 0. The Labute approximate surface area is 230 Å². The van der Waals surface area contributed by atoms with Crippen LogP contribution in [0.4, 0.5) is 0 Å². The number of carbonyl (C=O) groups is 1. The summed E-state index contributed by atoms with van der Waals surface area (Å²) in [6, 6.07) is 29.7. The van der Waals surface area contributed by atoms with E-state index in [2.05, 4.69) is 12.2 Å². The Morgan fingerprint density at radius 2 is 1.29 bits per heavy atom. The molecule has 0 aromatic heterocycles.